The predicted octanol–water partition coefficient (Wildman–Crippen LogP) is 12.9. The molecule has 0 unspecified atom stereocenters. The Hall–Kier alpha value is -6.32. The fraction of sp³-hybridized carbons (Fsp3) is 0. The highest BCUT2D eigenvalue weighted by Crippen LogP contribution is 2.42. The number of anilines is 3. The van der Waals surface area contributed by atoms with Crippen molar-refractivity contribution in [1.82, 2.24) is 0 Å². The van der Waals surface area contributed by atoms with Crippen molar-refractivity contribution in [3.05, 3.63) is 164 Å². The van der Waals surface area contributed by atoms with Crippen LogP contribution < -0.4 is 4.90 Å². The zero-order valence-electron chi connectivity index (χ0n) is 25.4. The van der Waals surface area contributed by atoms with Crippen LogP contribution in [0, 0.1) is 0 Å². The number of rotatable bonds is 4. The van der Waals surface area contributed by atoms with E-state index in [9.17, 15) is 0 Å². The first-order valence-corrected chi connectivity index (χ1v) is 15.9. The molecule has 0 amide bonds. The molecule has 0 bridgehead atoms. The van der Waals surface area contributed by atoms with Gasteiger partial charge in [-0.05, 0) is 99.4 Å². The second kappa shape index (κ2) is 10.1. The lowest BCUT2D eigenvalue weighted by molar-refractivity contribution is 0.668. The Balaban J connectivity index is 1.18. The van der Waals surface area contributed by atoms with Gasteiger partial charge in [-0.3, -0.25) is 0 Å². The van der Waals surface area contributed by atoms with Gasteiger partial charge in [0.25, 0.3) is 0 Å². The van der Waals surface area contributed by atoms with Gasteiger partial charge in [0.05, 0.1) is 0 Å². The van der Waals surface area contributed by atoms with Crippen molar-refractivity contribution in [2.45, 2.75) is 0 Å². The van der Waals surface area contributed by atoms with Crippen molar-refractivity contribution < 1.29 is 8.83 Å². The highest BCUT2D eigenvalue weighted by atomic mass is 16.3. The Kier molecular flexibility index (Phi) is 5.57. The molecule has 0 spiro atoms. The number of para-hydroxylation sites is 2. The number of nitrogens with zero attached hydrogens (tertiary/aromatic N) is 1. The van der Waals surface area contributed by atoms with Gasteiger partial charge in [0.15, 0.2) is 0 Å². The molecule has 47 heavy (non-hydrogen) atoms. The zero-order valence-corrected chi connectivity index (χ0v) is 25.4. The van der Waals surface area contributed by atoms with E-state index in [4.69, 9.17) is 8.83 Å². The number of furan rings is 2. The molecule has 10 aromatic rings. The summed E-state index contributed by atoms with van der Waals surface area (Å²) in [7, 11) is 0. The minimum absolute atomic E-state index is 0.885. The highest BCUT2D eigenvalue weighted by molar-refractivity contribution is 6.17. The predicted molar refractivity (Wildman–Crippen MR) is 196 cm³/mol. The van der Waals surface area contributed by atoms with E-state index < -0.39 is 0 Å². The van der Waals surface area contributed by atoms with Gasteiger partial charge in [0.1, 0.15) is 22.3 Å². The maximum absolute atomic E-state index is 6.20. The van der Waals surface area contributed by atoms with E-state index in [1.165, 1.54) is 32.7 Å². The Morgan fingerprint density at radius 1 is 0.298 bits per heavy atom. The van der Waals surface area contributed by atoms with E-state index in [-0.39, 0.29) is 0 Å². The Morgan fingerprint density at radius 3 is 1.70 bits per heavy atom. The lowest BCUT2D eigenvalue weighted by Crippen LogP contribution is -2.10. The molecule has 0 N–H and O–H groups in total. The SMILES string of the molecule is c1ccc(-c2cccc(N(c3ccc4c(ccc5cc6oc7ccccc7c6cc54)c3)c3ccc4oc5ccccc5c4c3)c2)cc1. The normalized spacial score (nSPS) is 11.8. The fourth-order valence-corrected chi connectivity index (χ4v) is 7.17. The van der Waals surface area contributed by atoms with Crippen LogP contribution in [-0.2, 0) is 0 Å². The van der Waals surface area contributed by atoms with Crippen molar-refractivity contribution in [2.24, 2.45) is 0 Å². The topological polar surface area (TPSA) is 29.5 Å². The molecular weight excluding hydrogens is 574 g/mol. The average Bonchev–Trinajstić information content (AvgIpc) is 3.69. The first-order chi connectivity index (χ1) is 23.3. The van der Waals surface area contributed by atoms with E-state index in [0.717, 1.165) is 60.9 Å². The fourth-order valence-electron chi connectivity index (χ4n) is 7.17. The molecule has 0 saturated heterocycles. The van der Waals surface area contributed by atoms with Crippen molar-refractivity contribution in [3.63, 3.8) is 0 Å². The third-order valence-corrected chi connectivity index (χ3v) is 9.40. The van der Waals surface area contributed by atoms with E-state index in [0.29, 0.717) is 0 Å². The summed E-state index contributed by atoms with van der Waals surface area (Å²) in [6.07, 6.45) is 0. The first kappa shape index (κ1) is 26.0. The van der Waals surface area contributed by atoms with Crippen molar-refractivity contribution in [1.29, 1.82) is 0 Å². The summed E-state index contributed by atoms with van der Waals surface area (Å²) >= 11 is 0. The second-order valence-corrected chi connectivity index (χ2v) is 12.2. The van der Waals surface area contributed by atoms with Crippen LogP contribution >= 0.6 is 0 Å². The van der Waals surface area contributed by atoms with Gasteiger partial charge >= 0.3 is 0 Å². The van der Waals surface area contributed by atoms with Crippen LogP contribution in [0.5, 0.6) is 0 Å². The van der Waals surface area contributed by atoms with Crippen LogP contribution in [0.15, 0.2) is 173 Å². The molecule has 0 atom stereocenters. The summed E-state index contributed by atoms with van der Waals surface area (Å²) in [5.41, 5.74) is 9.22. The molecule has 0 aliphatic rings. The van der Waals surface area contributed by atoms with Gasteiger partial charge < -0.3 is 13.7 Å². The molecule has 8 aromatic carbocycles. The number of benzene rings is 8. The molecular formula is C44H27NO2. The second-order valence-electron chi connectivity index (χ2n) is 12.2. The van der Waals surface area contributed by atoms with Crippen LogP contribution in [0.3, 0.4) is 0 Å². The summed E-state index contributed by atoms with van der Waals surface area (Å²) in [5.74, 6) is 0. The standard InChI is InChI=1S/C44H27NO2/c1-2-9-28(10-3-1)29-11-8-12-32(23-29)45(34-20-22-43-39(26-34)36-13-4-6-15-41(36)46-43)33-19-21-35-30(24-33)17-18-31-25-44-40(27-38(31)35)37-14-5-7-16-42(37)47-44/h1-27H. The summed E-state index contributed by atoms with van der Waals surface area (Å²) in [6.45, 7) is 0. The van der Waals surface area contributed by atoms with E-state index >= 15 is 0 Å². The van der Waals surface area contributed by atoms with Gasteiger partial charge in [0, 0.05) is 38.6 Å². The first-order valence-electron chi connectivity index (χ1n) is 15.9. The molecule has 2 aromatic heterocycles. The Morgan fingerprint density at radius 2 is 0.894 bits per heavy atom. The number of hydrogen-bond acceptors (Lipinski definition) is 3. The summed E-state index contributed by atoms with van der Waals surface area (Å²) in [4.78, 5) is 2.35. The maximum atomic E-state index is 6.20. The Labute approximate surface area is 270 Å². The average molecular weight is 602 g/mol. The number of hydrogen-bond donors (Lipinski definition) is 0. The molecule has 10 rings (SSSR count). The summed E-state index contributed by atoms with van der Waals surface area (Å²) in [6, 6.07) is 58.1. The molecule has 0 aliphatic carbocycles. The van der Waals surface area contributed by atoms with Crippen LogP contribution in [0.4, 0.5) is 17.1 Å². The van der Waals surface area contributed by atoms with Gasteiger partial charge in [-0.2, -0.15) is 0 Å². The van der Waals surface area contributed by atoms with Crippen molar-refractivity contribution in [3.8, 4) is 11.1 Å². The minimum Gasteiger partial charge on any atom is -0.456 e. The zero-order chi connectivity index (χ0) is 30.9. The van der Waals surface area contributed by atoms with Gasteiger partial charge in [-0.15, -0.1) is 0 Å². The molecule has 3 nitrogen and oxygen atoms in total. The van der Waals surface area contributed by atoms with Crippen LogP contribution in [0.2, 0.25) is 0 Å². The van der Waals surface area contributed by atoms with Gasteiger partial charge in [-0.25, -0.2) is 0 Å². The highest BCUT2D eigenvalue weighted by Gasteiger charge is 2.18. The lowest BCUT2D eigenvalue weighted by atomic mass is 9.98. The smallest absolute Gasteiger partial charge is 0.136 e. The van der Waals surface area contributed by atoms with Gasteiger partial charge in [0.2, 0.25) is 0 Å². The van der Waals surface area contributed by atoms with E-state index in [2.05, 4.69) is 144 Å². The third kappa shape index (κ3) is 4.14. The monoisotopic (exact) mass is 601 g/mol. The van der Waals surface area contributed by atoms with Crippen molar-refractivity contribution >= 4 is 82.5 Å². The van der Waals surface area contributed by atoms with Crippen LogP contribution in [0.1, 0.15) is 0 Å². The third-order valence-electron chi connectivity index (χ3n) is 9.40. The van der Waals surface area contributed by atoms with Crippen LogP contribution in [-0.4, -0.2) is 0 Å². The summed E-state index contributed by atoms with van der Waals surface area (Å²) < 4.78 is 12.4. The lowest BCUT2D eigenvalue weighted by Gasteiger charge is -2.26. The molecule has 0 fully saturated rings. The van der Waals surface area contributed by atoms with Gasteiger partial charge in [-0.1, -0.05) is 97.1 Å². The molecule has 3 heteroatoms. The molecule has 0 radical (unpaired) electrons. The molecule has 220 valence electrons. The number of fused-ring (bicyclic) bond motifs is 9. The molecule has 0 aliphatic heterocycles. The molecule has 0 saturated carbocycles. The Bertz CT molecular complexity index is 2810. The van der Waals surface area contributed by atoms with Crippen molar-refractivity contribution in [2.75, 3.05) is 4.90 Å². The molecule has 2 heterocycles. The minimum atomic E-state index is 0.885. The summed E-state index contributed by atoms with van der Waals surface area (Å²) in [5, 5.41) is 9.29. The van der Waals surface area contributed by atoms with E-state index in [1.54, 1.807) is 0 Å². The largest absolute Gasteiger partial charge is 0.456 e. The quantitative estimate of drug-likeness (QED) is 0.188. The maximum Gasteiger partial charge on any atom is 0.136 e. The van der Waals surface area contributed by atoms with E-state index in [1.807, 2.05) is 24.3 Å². The van der Waals surface area contributed by atoms with Crippen LogP contribution in [0.25, 0.3) is 76.5 Å².